The van der Waals surface area contributed by atoms with Crippen molar-refractivity contribution in [2.75, 3.05) is 13.2 Å². The molecule has 2 nitrogen and oxygen atoms in total. The fourth-order valence-electron chi connectivity index (χ4n) is 5.49. The molecule has 0 bridgehead atoms. The largest absolute Gasteiger partial charge is 0.494 e. The van der Waals surface area contributed by atoms with E-state index in [4.69, 9.17) is 9.47 Å². The minimum absolute atomic E-state index is 0.137. The van der Waals surface area contributed by atoms with E-state index < -0.39 is 17.6 Å². The van der Waals surface area contributed by atoms with E-state index in [9.17, 15) is 13.2 Å². The summed E-state index contributed by atoms with van der Waals surface area (Å²) in [6.07, 6.45) is 4.95. The number of rotatable bonds is 8. The zero-order chi connectivity index (χ0) is 26.4. The van der Waals surface area contributed by atoms with Gasteiger partial charge in [-0.2, -0.15) is 13.2 Å². The number of unbranched alkanes of at least 4 members (excludes halogenated alkanes) is 1. The summed E-state index contributed by atoms with van der Waals surface area (Å²) in [4.78, 5) is 0. The first kappa shape index (κ1) is 27.7. The van der Waals surface area contributed by atoms with Crippen LogP contribution in [0.15, 0.2) is 42.5 Å². The van der Waals surface area contributed by atoms with Crippen molar-refractivity contribution in [3.8, 4) is 5.75 Å². The molecule has 1 heterocycles. The zero-order valence-corrected chi connectivity index (χ0v) is 21.8. The van der Waals surface area contributed by atoms with Crippen LogP contribution in [0, 0.1) is 11.7 Å². The molecule has 0 amide bonds. The van der Waals surface area contributed by atoms with Crippen LogP contribution in [0.2, 0.25) is 0 Å². The number of hydrogen-bond donors (Lipinski definition) is 0. The number of benzene rings is 2. The molecule has 2 aromatic rings. The lowest BCUT2D eigenvalue weighted by molar-refractivity contribution is -0.140. The summed E-state index contributed by atoms with van der Waals surface area (Å²) >= 11 is 0. The lowest BCUT2D eigenvalue weighted by Gasteiger charge is -2.28. The molecule has 0 aromatic heterocycles. The summed E-state index contributed by atoms with van der Waals surface area (Å²) in [5.41, 5.74) is 0.0754. The lowest BCUT2D eigenvalue weighted by atomic mass is 9.78. The van der Waals surface area contributed by atoms with Gasteiger partial charge in [-0.15, -0.1) is 0 Å². The number of ether oxygens (including phenoxy) is 2. The average molecular weight is 519 g/mol. The van der Waals surface area contributed by atoms with E-state index in [0.29, 0.717) is 25.6 Å². The van der Waals surface area contributed by atoms with Crippen molar-refractivity contribution in [1.29, 1.82) is 0 Å². The van der Waals surface area contributed by atoms with Gasteiger partial charge in [0, 0.05) is 5.92 Å². The molecule has 2 aliphatic rings. The van der Waals surface area contributed by atoms with E-state index >= 15 is 4.39 Å². The maximum atomic E-state index is 15.2. The van der Waals surface area contributed by atoms with Crippen molar-refractivity contribution < 1.29 is 27.0 Å². The van der Waals surface area contributed by atoms with Crippen LogP contribution in [0.4, 0.5) is 17.6 Å². The summed E-state index contributed by atoms with van der Waals surface area (Å²) in [7, 11) is 0. The quantitative estimate of drug-likeness (QED) is 0.256. The van der Waals surface area contributed by atoms with Crippen molar-refractivity contribution in [3.63, 3.8) is 0 Å². The smallest absolute Gasteiger partial charge is 0.419 e. The molecule has 0 radical (unpaired) electrons. The van der Waals surface area contributed by atoms with Crippen LogP contribution in [-0.2, 0) is 10.9 Å². The first-order chi connectivity index (χ1) is 17.8. The Morgan fingerprint density at radius 3 is 2.27 bits per heavy atom. The molecule has 0 spiro atoms. The fourth-order valence-corrected chi connectivity index (χ4v) is 5.49. The van der Waals surface area contributed by atoms with Crippen LogP contribution in [0.3, 0.4) is 0 Å². The standard InChI is InChI=1S/C31H38F4O2/c1-3-4-19-36-26-14-9-22(10-15-26)25-12-17-27(37-20-25)16-11-24-13-18-28(23-7-5-21(2)6-8-23)30(32)29(24)31(33,34)35/h9-11,13-16,18,21,23,25,27H,3-8,12,17,19-20H2,1-2H3/b16-11+. The number of halogens is 4. The molecule has 2 unspecified atom stereocenters. The van der Waals surface area contributed by atoms with Gasteiger partial charge in [-0.1, -0.05) is 69.5 Å². The summed E-state index contributed by atoms with van der Waals surface area (Å²) < 4.78 is 68.7. The Balaban J connectivity index is 1.40. The Labute approximate surface area is 218 Å². The van der Waals surface area contributed by atoms with Crippen LogP contribution >= 0.6 is 0 Å². The van der Waals surface area contributed by atoms with E-state index in [1.54, 1.807) is 12.1 Å². The molecular weight excluding hydrogens is 480 g/mol. The monoisotopic (exact) mass is 518 g/mol. The second-order valence-electron chi connectivity index (χ2n) is 10.7. The Morgan fingerprint density at radius 1 is 0.946 bits per heavy atom. The van der Waals surface area contributed by atoms with Gasteiger partial charge in [0.25, 0.3) is 0 Å². The molecule has 2 atom stereocenters. The molecule has 1 aliphatic heterocycles. The Morgan fingerprint density at radius 2 is 1.65 bits per heavy atom. The molecule has 2 fully saturated rings. The second kappa shape index (κ2) is 12.5. The third-order valence-corrected chi connectivity index (χ3v) is 7.86. The lowest BCUT2D eigenvalue weighted by Crippen LogP contribution is -2.23. The highest BCUT2D eigenvalue weighted by atomic mass is 19.4. The third-order valence-electron chi connectivity index (χ3n) is 7.86. The van der Waals surface area contributed by atoms with Gasteiger partial charge < -0.3 is 9.47 Å². The van der Waals surface area contributed by atoms with E-state index in [1.165, 1.54) is 17.7 Å². The highest BCUT2D eigenvalue weighted by Gasteiger charge is 2.38. The van der Waals surface area contributed by atoms with Crippen molar-refractivity contribution >= 4 is 6.08 Å². The second-order valence-corrected chi connectivity index (χ2v) is 10.7. The van der Waals surface area contributed by atoms with Crippen LogP contribution < -0.4 is 4.74 Å². The molecule has 1 saturated heterocycles. The molecule has 4 rings (SSSR count). The Kier molecular flexibility index (Phi) is 9.33. The highest BCUT2D eigenvalue weighted by molar-refractivity contribution is 5.57. The van der Waals surface area contributed by atoms with Gasteiger partial charge in [-0.05, 0) is 72.8 Å². The zero-order valence-electron chi connectivity index (χ0n) is 21.8. The minimum Gasteiger partial charge on any atom is -0.494 e. The topological polar surface area (TPSA) is 18.5 Å². The Hall–Kier alpha value is -2.34. The van der Waals surface area contributed by atoms with Crippen molar-refractivity contribution in [3.05, 3.63) is 70.5 Å². The van der Waals surface area contributed by atoms with Crippen LogP contribution in [-0.4, -0.2) is 19.3 Å². The average Bonchev–Trinajstić information content (AvgIpc) is 2.88. The van der Waals surface area contributed by atoms with Crippen LogP contribution in [0.5, 0.6) is 5.75 Å². The van der Waals surface area contributed by atoms with Crippen molar-refractivity contribution in [1.82, 2.24) is 0 Å². The third kappa shape index (κ3) is 7.16. The van der Waals surface area contributed by atoms with E-state index in [0.717, 1.165) is 50.7 Å². The predicted octanol–water partition coefficient (Wildman–Crippen LogP) is 9.29. The summed E-state index contributed by atoms with van der Waals surface area (Å²) in [5, 5.41) is 0. The van der Waals surface area contributed by atoms with Gasteiger partial charge in [0.1, 0.15) is 11.6 Å². The normalized spacial score (nSPS) is 24.9. The molecule has 0 N–H and O–H groups in total. The van der Waals surface area contributed by atoms with Gasteiger partial charge in [0.15, 0.2) is 0 Å². The SMILES string of the molecule is CCCCOc1ccc(C2CCC(/C=C/c3ccc(C4CCC(C)CC4)c(F)c3C(F)(F)F)OC2)cc1. The number of alkyl halides is 3. The fraction of sp³-hybridized carbons (Fsp3) is 0.548. The van der Waals surface area contributed by atoms with Gasteiger partial charge in [0.05, 0.1) is 24.9 Å². The summed E-state index contributed by atoms with van der Waals surface area (Å²) in [6.45, 7) is 5.46. The first-order valence-corrected chi connectivity index (χ1v) is 13.7. The van der Waals surface area contributed by atoms with E-state index in [2.05, 4.69) is 26.0 Å². The van der Waals surface area contributed by atoms with Crippen LogP contribution in [0.25, 0.3) is 6.08 Å². The van der Waals surface area contributed by atoms with Crippen molar-refractivity contribution in [2.45, 2.75) is 89.3 Å². The van der Waals surface area contributed by atoms with Crippen molar-refractivity contribution in [2.24, 2.45) is 5.92 Å². The maximum absolute atomic E-state index is 15.2. The minimum atomic E-state index is -4.76. The molecule has 1 saturated carbocycles. The molecule has 6 heteroatoms. The summed E-state index contributed by atoms with van der Waals surface area (Å²) in [6, 6.07) is 11.0. The van der Waals surface area contributed by atoms with E-state index in [-0.39, 0.29) is 29.1 Å². The van der Waals surface area contributed by atoms with E-state index in [1.807, 2.05) is 12.1 Å². The predicted molar refractivity (Wildman–Crippen MR) is 139 cm³/mol. The number of hydrogen-bond acceptors (Lipinski definition) is 2. The van der Waals surface area contributed by atoms with Gasteiger partial charge in [-0.25, -0.2) is 4.39 Å². The maximum Gasteiger partial charge on any atom is 0.419 e. The van der Waals surface area contributed by atoms with Gasteiger partial charge in [-0.3, -0.25) is 0 Å². The molecule has 37 heavy (non-hydrogen) atoms. The highest BCUT2D eigenvalue weighted by Crippen LogP contribution is 2.42. The van der Waals surface area contributed by atoms with Gasteiger partial charge >= 0.3 is 6.18 Å². The van der Waals surface area contributed by atoms with Gasteiger partial charge in [0.2, 0.25) is 0 Å². The van der Waals surface area contributed by atoms with Crippen LogP contribution in [0.1, 0.15) is 99.3 Å². The summed E-state index contributed by atoms with van der Waals surface area (Å²) in [5.74, 6) is 0.371. The molecule has 202 valence electrons. The molecule has 1 aliphatic carbocycles. The molecular formula is C31H38F4O2. The Bertz CT molecular complexity index is 1030. The molecule has 2 aromatic carbocycles. The first-order valence-electron chi connectivity index (χ1n) is 13.7.